The molecule has 21 heavy (non-hydrogen) atoms. The highest BCUT2D eigenvalue weighted by Crippen LogP contribution is 2.41. The van der Waals surface area contributed by atoms with Crippen molar-refractivity contribution in [2.45, 2.75) is 31.7 Å². The molecule has 0 radical (unpaired) electrons. The first-order chi connectivity index (χ1) is 10.1. The molecule has 6 heteroatoms. The number of hydrogen-bond acceptors (Lipinski definition) is 3. The summed E-state index contributed by atoms with van der Waals surface area (Å²) in [6.07, 6.45) is 4.75. The fraction of sp³-hybridized carbons (Fsp3) is 0.467. The molecule has 0 spiro atoms. The Balaban J connectivity index is 2.03. The maximum absolute atomic E-state index is 11.3. The van der Waals surface area contributed by atoms with Crippen LogP contribution < -0.4 is 0 Å². The van der Waals surface area contributed by atoms with Crippen molar-refractivity contribution in [3.05, 3.63) is 29.6 Å². The fourth-order valence-corrected chi connectivity index (χ4v) is 3.19. The van der Waals surface area contributed by atoms with Gasteiger partial charge in [0.05, 0.1) is 11.1 Å². The van der Waals surface area contributed by atoms with Crippen LogP contribution in [0, 0.1) is 0 Å². The number of aromatic carboxylic acids is 1. The van der Waals surface area contributed by atoms with Crippen LogP contribution in [-0.4, -0.2) is 36.8 Å². The molecule has 1 N–H and O–H groups in total. The molecular weight excluding hydrogens is 288 g/mol. The molecule has 3 rings (SSSR count). The first-order valence-corrected chi connectivity index (χ1v) is 8.83. The molecule has 0 saturated heterocycles. The van der Waals surface area contributed by atoms with Crippen molar-refractivity contribution >= 4 is 27.8 Å². The van der Waals surface area contributed by atoms with Gasteiger partial charge in [-0.2, -0.15) is 0 Å². The molecule has 1 aromatic heterocycles. The second-order valence-electron chi connectivity index (χ2n) is 5.51. The van der Waals surface area contributed by atoms with Crippen LogP contribution in [0.15, 0.2) is 18.2 Å². The van der Waals surface area contributed by atoms with Gasteiger partial charge in [0.1, 0.15) is 11.3 Å². The molecule has 1 aliphatic rings. The van der Waals surface area contributed by atoms with Gasteiger partial charge in [0.15, 0.2) is 0 Å². The molecular formula is C15H18N2O3S. The molecule has 5 nitrogen and oxygen atoms in total. The van der Waals surface area contributed by atoms with Crippen LogP contribution in [0.5, 0.6) is 0 Å². The van der Waals surface area contributed by atoms with Crippen molar-refractivity contribution in [2.75, 3.05) is 12.0 Å². The topological polar surface area (TPSA) is 72.2 Å². The van der Waals surface area contributed by atoms with Crippen molar-refractivity contribution in [3.63, 3.8) is 0 Å². The highest BCUT2D eigenvalue weighted by Gasteiger charge is 2.30. The molecule has 1 aromatic carbocycles. The molecule has 1 atom stereocenters. The number of aromatic nitrogens is 2. The average Bonchev–Trinajstić information content (AvgIpc) is 3.21. The van der Waals surface area contributed by atoms with Gasteiger partial charge in [0.2, 0.25) is 0 Å². The summed E-state index contributed by atoms with van der Waals surface area (Å²) in [4.78, 5) is 15.9. The Labute approximate surface area is 125 Å². The van der Waals surface area contributed by atoms with Crippen molar-refractivity contribution in [2.24, 2.45) is 0 Å². The first-order valence-electron chi connectivity index (χ1n) is 7.10. The van der Waals surface area contributed by atoms with Gasteiger partial charge in [0.25, 0.3) is 0 Å². The van der Waals surface area contributed by atoms with Crippen LogP contribution in [0.2, 0.25) is 0 Å². The van der Waals surface area contributed by atoms with Crippen molar-refractivity contribution in [3.8, 4) is 0 Å². The SMILES string of the molecule is CS(=O)CCCn1c(C2CC2)nc2c(C(=O)O)cccc21. The zero-order valence-electron chi connectivity index (χ0n) is 11.9. The van der Waals surface area contributed by atoms with E-state index >= 15 is 0 Å². The van der Waals surface area contributed by atoms with Crippen LogP contribution in [0.1, 0.15) is 41.4 Å². The van der Waals surface area contributed by atoms with Gasteiger partial charge in [-0.25, -0.2) is 9.78 Å². The Morgan fingerprint density at radius 3 is 2.86 bits per heavy atom. The minimum atomic E-state index is -0.942. The number of hydrogen-bond donors (Lipinski definition) is 1. The number of fused-ring (bicyclic) bond motifs is 1. The van der Waals surface area contributed by atoms with E-state index < -0.39 is 16.8 Å². The number of para-hydroxylation sites is 1. The van der Waals surface area contributed by atoms with E-state index in [0.29, 0.717) is 17.2 Å². The molecule has 0 aliphatic heterocycles. The number of carboxylic acids is 1. The summed E-state index contributed by atoms with van der Waals surface area (Å²) in [5, 5.41) is 9.30. The normalized spacial score (nSPS) is 16.2. The summed E-state index contributed by atoms with van der Waals surface area (Å²) in [6, 6.07) is 5.28. The van der Waals surface area contributed by atoms with E-state index in [9.17, 15) is 14.1 Å². The van der Waals surface area contributed by atoms with Crippen LogP contribution in [-0.2, 0) is 17.3 Å². The minimum Gasteiger partial charge on any atom is -0.478 e. The molecule has 0 amide bonds. The lowest BCUT2D eigenvalue weighted by Crippen LogP contribution is -2.06. The number of carboxylic acid groups (broad SMARTS) is 1. The summed E-state index contributed by atoms with van der Waals surface area (Å²) < 4.78 is 13.3. The van der Waals surface area contributed by atoms with E-state index in [4.69, 9.17) is 0 Å². The lowest BCUT2D eigenvalue weighted by molar-refractivity contribution is 0.0699. The van der Waals surface area contributed by atoms with Gasteiger partial charge in [0, 0.05) is 35.3 Å². The van der Waals surface area contributed by atoms with Gasteiger partial charge >= 0.3 is 5.97 Å². The van der Waals surface area contributed by atoms with E-state index in [-0.39, 0.29) is 5.56 Å². The third-order valence-electron chi connectivity index (χ3n) is 3.79. The summed E-state index contributed by atoms with van der Waals surface area (Å²) in [7, 11) is -0.802. The quantitative estimate of drug-likeness (QED) is 0.889. The Kier molecular flexibility index (Phi) is 3.80. The maximum atomic E-state index is 11.3. The van der Waals surface area contributed by atoms with E-state index in [1.807, 2.05) is 6.07 Å². The van der Waals surface area contributed by atoms with E-state index in [2.05, 4.69) is 9.55 Å². The number of carbonyl (C=O) groups is 1. The zero-order chi connectivity index (χ0) is 15.0. The summed E-state index contributed by atoms with van der Waals surface area (Å²) in [5.74, 6) is 1.15. The summed E-state index contributed by atoms with van der Waals surface area (Å²) in [5.41, 5.74) is 1.70. The summed E-state index contributed by atoms with van der Waals surface area (Å²) in [6.45, 7) is 0.741. The second kappa shape index (κ2) is 5.60. The summed E-state index contributed by atoms with van der Waals surface area (Å²) >= 11 is 0. The Morgan fingerprint density at radius 1 is 1.48 bits per heavy atom. The van der Waals surface area contributed by atoms with Gasteiger partial charge in [-0.05, 0) is 31.4 Å². The number of nitrogens with zero attached hydrogens (tertiary/aromatic N) is 2. The van der Waals surface area contributed by atoms with Crippen molar-refractivity contribution in [1.29, 1.82) is 0 Å². The van der Waals surface area contributed by atoms with Crippen LogP contribution in [0.25, 0.3) is 11.0 Å². The Morgan fingerprint density at radius 2 is 2.24 bits per heavy atom. The average molecular weight is 306 g/mol. The largest absolute Gasteiger partial charge is 0.478 e. The lowest BCUT2D eigenvalue weighted by atomic mass is 10.2. The first kappa shape index (κ1) is 14.3. The van der Waals surface area contributed by atoms with Crippen LogP contribution in [0.4, 0.5) is 0 Å². The molecule has 1 saturated carbocycles. The van der Waals surface area contributed by atoms with Gasteiger partial charge in [-0.1, -0.05) is 6.07 Å². The lowest BCUT2D eigenvalue weighted by Gasteiger charge is -2.08. The van der Waals surface area contributed by atoms with E-state index in [1.54, 1.807) is 18.4 Å². The molecule has 1 heterocycles. The third-order valence-corrected chi connectivity index (χ3v) is 4.66. The predicted molar refractivity (Wildman–Crippen MR) is 82.2 cm³/mol. The van der Waals surface area contributed by atoms with Crippen LogP contribution >= 0.6 is 0 Å². The molecule has 1 aliphatic carbocycles. The molecule has 1 fully saturated rings. The predicted octanol–water partition coefficient (Wildman–Crippen LogP) is 2.38. The fourth-order valence-electron chi connectivity index (χ4n) is 2.65. The van der Waals surface area contributed by atoms with Gasteiger partial charge in [-0.15, -0.1) is 0 Å². The van der Waals surface area contributed by atoms with Crippen LogP contribution in [0.3, 0.4) is 0 Å². The molecule has 2 aromatic rings. The Bertz CT molecular complexity index is 719. The molecule has 1 unspecified atom stereocenters. The van der Waals surface area contributed by atoms with E-state index in [1.165, 1.54) is 0 Å². The number of aryl methyl sites for hydroxylation is 1. The number of benzene rings is 1. The standard InChI is InChI=1S/C15H18N2O3S/c1-21(20)9-3-8-17-12-5-2-4-11(15(18)19)13(12)16-14(17)10-6-7-10/h2,4-5,10H,3,6-9H2,1H3,(H,18,19). The van der Waals surface area contributed by atoms with Gasteiger partial charge in [-0.3, -0.25) is 4.21 Å². The highest BCUT2D eigenvalue weighted by atomic mass is 32.2. The Hall–Kier alpha value is -1.69. The molecule has 0 bridgehead atoms. The minimum absolute atomic E-state index is 0.257. The van der Waals surface area contributed by atoms with Crippen molar-refractivity contribution in [1.82, 2.24) is 9.55 Å². The molecule has 112 valence electrons. The third kappa shape index (κ3) is 2.85. The number of rotatable bonds is 6. The van der Waals surface area contributed by atoms with Gasteiger partial charge < -0.3 is 9.67 Å². The second-order valence-corrected chi connectivity index (χ2v) is 7.06. The maximum Gasteiger partial charge on any atom is 0.337 e. The van der Waals surface area contributed by atoms with E-state index in [0.717, 1.165) is 37.1 Å². The zero-order valence-corrected chi connectivity index (χ0v) is 12.7. The smallest absolute Gasteiger partial charge is 0.337 e. The van der Waals surface area contributed by atoms with Crippen molar-refractivity contribution < 1.29 is 14.1 Å². The number of imidazole rings is 1. The highest BCUT2D eigenvalue weighted by molar-refractivity contribution is 7.84. The monoisotopic (exact) mass is 306 g/mol.